The fourth-order valence-electron chi connectivity index (χ4n) is 3.47. The highest BCUT2D eigenvalue weighted by molar-refractivity contribution is 5.82. The zero-order chi connectivity index (χ0) is 14.7. The van der Waals surface area contributed by atoms with Crippen molar-refractivity contribution >= 4 is 11.9 Å². The van der Waals surface area contributed by atoms with Gasteiger partial charge in [-0.2, -0.15) is 0 Å². The molecule has 2 aliphatic rings. The molecule has 1 aliphatic carbocycles. The monoisotopic (exact) mass is 288 g/mol. The summed E-state index contributed by atoms with van der Waals surface area (Å²) in [6.07, 6.45) is 10.1. The third-order valence-electron chi connectivity index (χ3n) is 4.85. The van der Waals surface area contributed by atoms with E-state index in [1.54, 1.807) is 12.4 Å². The van der Waals surface area contributed by atoms with Crippen molar-refractivity contribution in [1.82, 2.24) is 15.3 Å². The van der Waals surface area contributed by atoms with E-state index in [4.69, 9.17) is 0 Å². The van der Waals surface area contributed by atoms with Crippen LogP contribution in [0.25, 0.3) is 0 Å². The summed E-state index contributed by atoms with van der Waals surface area (Å²) < 4.78 is 0. The second-order valence-corrected chi connectivity index (χ2v) is 6.58. The number of hydrogen-bond acceptors (Lipinski definition) is 4. The summed E-state index contributed by atoms with van der Waals surface area (Å²) in [7, 11) is 0. The molecule has 1 aromatic heterocycles. The van der Waals surface area contributed by atoms with Crippen molar-refractivity contribution in [3.8, 4) is 0 Å². The maximum absolute atomic E-state index is 12.5. The molecule has 1 aromatic rings. The van der Waals surface area contributed by atoms with Gasteiger partial charge in [0.15, 0.2) is 0 Å². The lowest BCUT2D eigenvalue weighted by Crippen LogP contribution is -2.51. The SMILES string of the molecule is CC1(C(=O)N[C@H]2CCCN(c3ncccn3)C2)CCCC1. The number of carbonyl (C=O) groups is 1. The van der Waals surface area contributed by atoms with Gasteiger partial charge in [-0.1, -0.05) is 19.8 Å². The highest BCUT2D eigenvalue weighted by Gasteiger charge is 2.37. The first-order valence-corrected chi connectivity index (χ1v) is 8.00. The van der Waals surface area contributed by atoms with Gasteiger partial charge in [-0.25, -0.2) is 9.97 Å². The summed E-state index contributed by atoms with van der Waals surface area (Å²) >= 11 is 0. The van der Waals surface area contributed by atoms with E-state index in [0.717, 1.165) is 44.7 Å². The van der Waals surface area contributed by atoms with Crippen molar-refractivity contribution in [3.63, 3.8) is 0 Å². The number of anilines is 1. The first-order valence-electron chi connectivity index (χ1n) is 8.00. The van der Waals surface area contributed by atoms with Crippen molar-refractivity contribution in [2.45, 2.75) is 51.5 Å². The van der Waals surface area contributed by atoms with E-state index in [9.17, 15) is 4.79 Å². The van der Waals surface area contributed by atoms with Crippen LogP contribution in [0.5, 0.6) is 0 Å². The molecule has 0 radical (unpaired) electrons. The second kappa shape index (κ2) is 6.00. The Kier molecular flexibility index (Phi) is 4.08. The number of aromatic nitrogens is 2. The third kappa shape index (κ3) is 3.17. The third-order valence-corrected chi connectivity index (χ3v) is 4.85. The average molecular weight is 288 g/mol. The maximum Gasteiger partial charge on any atom is 0.226 e. The lowest BCUT2D eigenvalue weighted by Gasteiger charge is -2.35. The maximum atomic E-state index is 12.5. The van der Waals surface area contributed by atoms with E-state index in [0.29, 0.717) is 0 Å². The molecule has 2 fully saturated rings. The van der Waals surface area contributed by atoms with Crippen LogP contribution in [0.15, 0.2) is 18.5 Å². The van der Waals surface area contributed by atoms with E-state index < -0.39 is 0 Å². The molecule has 1 saturated heterocycles. The summed E-state index contributed by atoms with van der Waals surface area (Å²) in [6.45, 7) is 3.88. The average Bonchev–Trinajstić information content (AvgIpc) is 2.97. The minimum Gasteiger partial charge on any atom is -0.351 e. The van der Waals surface area contributed by atoms with Gasteiger partial charge in [0.25, 0.3) is 0 Å². The molecule has 1 atom stereocenters. The topological polar surface area (TPSA) is 58.1 Å². The Bertz CT molecular complexity index is 484. The molecular formula is C16H24N4O. The van der Waals surface area contributed by atoms with Crippen molar-refractivity contribution in [3.05, 3.63) is 18.5 Å². The molecule has 1 amide bonds. The van der Waals surface area contributed by atoms with Crippen LogP contribution in [-0.2, 0) is 4.79 Å². The predicted molar refractivity (Wildman–Crippen MR) is 82.0 cm³/mol. The normalized spacial score (nSPS) is 24.8. The molecule has 0 bridgehead atoms. The molecule has 3 rings (SSSR count). The summed E-state index contributed by atoms with van der Waals surface area (Å²) in [6, 6.07) is 2.04. The van der Waals surface area contributed by atoms with Crippen LogP contribution in [0.4, 0.5) is 5.95 Å². The number of hydrogen-bond donors (Lipinski definition) is 1. The number of amides is 1. The lowest BCUT2D eigenvalue weighted by molar-refractivity contribution is -0.130. The molecule has 21 heavy (non-hydrogen) atoms. The minimum absolute atomic E-state index is 0.147. The molecule has 0 unspecified atom stereocenters. The quantitative estimate of drug-likeness (QED) is 0.926. The van der Waals surface area contributed by atoms with E-state index in [-0.39, 0.29) is 17.4 Å². The first-order chi connectivity index (χ1) is 10.2. The molecule has 0 spiro atoms. The molecule has 114 valence electrons. The van der Waals surface area contributed by atoms with Gasteiger partial charge in [-0.15, -0.1) is 0 Å². The van der Waals surface area contributed by atoms with Gasteiger partial charge >= 0.3 is 0 Å². The predicted octanol–water partition coefficient (Wildman–Crippen LogP) is 2.14. The molecule has 5 heteroatoms. The number of rotatable bonds is 3. The second-order valence-electron chi connectivity index (χ2n) is 6.58. The van der Waals surface area contributed by atoms with Gasteiger partial charge in [0.2, 0.25) is 11.9 Å². The Morgan fingerprint density at radius 3 is 2.71 bits per heavy atom. The smallest absolute Gasteiger partial charge is 0.226 e. The molecule has 1 saturated carbocycles. The van der Waals surface area contributed by atoms with E-state index >= 15 is 0 Å². The number of piperidine rings is 1. The standard InChI is InChI=1S/C16H24N4O/c1-16(7-2-3-8-16)14(21)19-13-6-4-11-20(12-13)15-17-9-5-10-18-15/h5,9-10,13H,2-4,6-8,11-12H2,1H3,(H,19,21)/t13-/m0/s1. The van der Waals surface area contributed by atoms with Crippen LogP contribution in [0.2, 0.25) is 0 Å². The molecule has 5 nitrogen and oxygen atoms in total. The number of carbonyl (C=O) groups excluding carboxylic acids is 1. The highest BCUT2D eigenvalue weighted by Crippen LogP contribution is 2.37. The van der Waals surface area contributed by atoms with Crippen molar-refractivity contribution in [2.75, 3.05) is 18.0 Å². The van der Waals surface area contributed by atoms with Gasteiger partial charge in [-0.3, -0.25) is 4.79 Å². The summed E-state index contributed by atoms with van der Waals surface area (Å²) in [5.41, 5.74) is -0.147. The van der Waals surface area contributed by atoms with Gasteiger partial charge in [-0.05, 0) is 31.7 Å². The molecule has 1 aliphatic heterocycles. The fraction of sp³-hybridized carbons (Fsp3) is 0.688. The molecule has 1 N–H and O–H groups in total. The van der Waals surface area contributed by atoms with Gasteiger partial charge in [0, 0.05) is 36.9 Å². The summed E-state index contributed by atoms with van der Waals surface area (Å²) in [5, 5.41) is 3.26. The minimum atomic E-state index is -0.147. The molecule has 2 heterocycles. The van der Waals surface area contributed by atoms with Gasteiger partial charge in [0.05, 0.1) is 0 Å². The molecule has 0 aromatic carbocycles. The van der Waals surface area contributed by atoms with E-state index in [2.05, 4.69) is 27.1 Å². The van der Waals surface area contributed by atoms with Crippen LogP contribution in [-0.4, -0.2) is 35.0 Å². The Morgan fingerprint density at radius 2 is 2.00 bits per heavy atom. The zero-order valence-electron chi connectivity index (χ0n) is 12.7. The molecular weight excluding hydrogens is 264 g/mol. The summed E-state index contributed by atoms with van der Waals surface area (Å²) in [5.74, 6) is 1.00. The number of nitrogens with zero attached hydrogens (tertiary/aromatic N) is 3. The van der Waals surface area contributed by atoms with Crippen LogP contribution < -0.4 is 10.2 Å². The van der Waals surface area contributed by atoms with Crippen LogP contribution in [0, 0.1) is 5.41 Å². The summed E-state index contributed by atoms with van der Waals surface area (Å²) in [4.78, 5) is 23.3. The van der Waals surface area contributed by atoms with Crippen molar-refractivity contribution < 1.29 is 4.79 Å². The highest BCUT2D eigenvalue weighted by atomic mass is 16.2. The van der Waals surface area contributed by atoms with Crippen LogP contribution in [0.3, 0.4) is 0 Å². The fourth-order valence-corrected chi connectivity index (χ4v) is 3.47. The number of nitrogens with one attached hydrogen (secondary N) is 1. The van der Waals surface area contributed by atoms with Gasteiger partial charge < -0.3 is 10.2 Å². The Labute approximate surface area is 126 Å². The van der Waals surface area contributed by atoms with Gasteiger partial charge in [0.1, 0.15) is 0 Å². The Morgan fingerprint density at radius 1 is 1.29 bits per heavy atom. The zero-order valence-corrected chi connectivity index (χ0v) is 12.7. The van der Waals surface area contributed by atoms with Crippen molar-refractivity contribution in [2.24, 2.45) is 5.41 Å². The van der Waals surface area contributed by atoms with E-state index in [1.165, 1.54) is 12.8 Å². The first kappa shape index (κ1) is 14.3. The van der Waals surface area contributed by atoms with E-state index in [1.807, 2.05) is 6.07 Å². The lowest BCUT2D eigenvalue weighted by atomic mass is 9.87. The Balaban J connectivity index is 1.60. The largest absolute Gasteiger partial charge is 0.351 e. The van der Waals surface area contributed by atoms with Crippen molar-refractivity contribution in [1.29, 1.82) is 0 Å². The Hall–Kier alpha value is -1.65. The van der Waals surface area contributed by atoms with Crippen LogP contribution >= 0.6 is 0 Å². The van der Waals surface area contributed by atoms with Crippen LogP contribution in [0.1, 0.15) is 45.4 Å².